The average molecular weight is 325 g/mol. The Kier molecular flexibility index (Phi) is 5.00. The van der Waals surface area contributed by atoms with Crippen molar-refractivity contribution >= 4 is 16.0 Å². The molecule has 0 aliphatic carbocycles. The fourth-order valence-electron chi connectivity index (χ4n) is 1.77. The molecule has 1 rings (SSSR count). The van der Waals surface area contributed by atoms with E-state index in [-0.39, 0.29) is 6.42 Å². The smallest absolute Gasteiger partial charge is 0.324 e. The summed E-state index contributed by atoms with van der Waals surface area (Å²) in [6.45, 7) is 2.74. The van der Waals surface area contributed by atoms with Gasteiger partial charge in [0.2, 0.25) is 10.0 Å². The van der Waals surface area contributed by atoms with E-state index in [0.29, 0.717) is 18.6 Å². The number of carboxylic acid groups (broad SMARTS) is 1. The second kappa shape index (κ2) is 6.02. The first-order chi connectivity index (χ1) is 9.55. The van der Waals surface area contributed by atoms with Crippen molar-refractivity contribution in [2.45, 2.75) is 37.1 Å². The van der Waals surface area contributed by atoms with Crippen molar-refractivity contribution < 1.29 is 31.5 Å². The summed E-state index contributed by atoms with van der Waals surface area (Å²) in [7, 11) is -4.67. The molecule has 0 bridgehead atoms. The molecule has 1 atom stereocenters. The molecular weight excluding hydrogens is 311 g/mol. The average Bonchev–Trinajstić information content (AvgIpc) is 2.35. The van der Waals surface area contributed by atoms with Gasteiger partial charge in [-0.25, -0.2) is 21.6 Å². The van der Waals surface area contributed by atoms with E-state index in [1.807, 2.05) is 4.72 Å². The van der Waals surface area contributed by atoms with Crippen LogP contribution in [-0.4, -0.2) is 25.0 Å². The van der Waals surface area contributed by atoms with Crippen molar-refractivity contribution in [3.8, 4) is 0 Å². The molecule has 0 radical (unpaired) electrons. The summed E-state index contributed by atoms with van der Waals surface area (Å²) in [5.41, 5.74) is -1.88. The normalized spacial score (nSPS) is 14.7. The molecule has 1 aromatic carbocycles. The quantitative estimate of drug-likeness (QED) is 0.784. The Morgan fingerprint density at radius 1 is 1.29 bits per heavy atom. The van der Waals surface area contributed by atoms with Crippen LogP contribution in [0.1, 0.15) is 26.7 Å². The Morgan fingerprint density at radius 2 is 1.86 bits per heavy atom. The van der Waals surface area contributed by atoms with E-state index < -0.39 is 43.9 Å². The van der Waals surface area contributed by atoms with Crippen molar-refractivity contribution in [2.75, 3.05) is 0 Å². The van der Waals surface area contributed by atoms with Gasteiger partial charge in [0.25, 0.3) is 0 Å². The largest absolute Gasteiger partial charge is 0.480 e. The zero-order valence-electron chi connectivity index (χ0n) is 11.3. The second-order valence-corrected chi connectivity index (χ2v) is 6.32. The maximum absolute atomic E-state index is 13.5. The minimum Gasteiger partial charge on any atom is -0.480 e. The van der Waals surface area contributed by atoms with E-state index in [1.54, 1.807) is 6.92 Å². The first-order valence-corrected chi connectivity index (χ1v) is 7.44. The summed E-state index contributed by atoms with van der Waals surface area (Å²) in [4.78, 5) is 10.0. The van der Waals surface area contributed by atoms with Crippen molar-refractivity contribution in [3.05, 3.63) is 29.6 Å². The molecule has 0 saturated carbocycles. The van der Waals surface area contributed by atoms with E-state index in [2.05, 4.69) is 0 Å². The van der Waals surface area contributed by atoms with Gasteiger partial charge in [-0.05, 0) is 25.5 Å². The zero-order chi connectivity index (χ0) is 16.4. The van der Waals surface area contributed by atoms with Crippen LogP contribution in [0.2, 0.25) is 0 Å². The third kappa shape index (κ3) is 3.53. The molecule has 5 nitrogen and oxygen atoms in total. The van der Waals surface area contributed by atoms with Gasteiger partial charge in [0.05, 0.1) is 0 Å². The van der Waals surface area contributed by atoms with Crippen LogP contribution < -0.4 is 4.72 Å². The molecule has 0 heterocycles. The molecule has 0 amide bonds. The van der Waals surface area contributed by atoms with E-state index >= 15 is 0 Å². The lowest BCUT2D eigenvalue weighted by Crippen LogP contribution is -2.52. The predicted octanol–water partition coefficient (Wildman–Crippen LogP) is 2.03. The van der Waals surface area contributed by atoms with Gasteiger partial charge in [-0.15, -0.1) is 0 Å². The summed E-state index contributed by atoms with van der Waals surface area (Å²) in [5.74, 6) is -6.84. The topological polar surface area (TPSA) is 83.5 Å². The maximum atomic E-state index is 13.5. The lowest BCUT2D eigenvalue weighted by molar-refractivity contribution is -0.143. The van der Waals surface area contributed by atoms with Crippen LogP contribution in [0.5, 0.6) is 0 Å². The number of nitrogens with one attached hydrogen (secondary N) is 1. The Hall–Kier alpha value is -1.61. The van der Waals surface area contributed by atoms with Crippen LogP contribution in [0, 0.1) is 17.5 Å². The number of carboxylic acids is 1. The Balaban J connectivity index is 3.30. The summed E-state index contributed by atoms with van der Waals surface area (Å²) < 4.78 is 65.3. The summed E-state index contributed by atoms with van der Waals surface area (Å²) in [5, 5.41) is 9.09. The summed E-state index contributed by atoms with van der Waals surface area (Å²) in [6.07, 6.45) is 0.276. The molecular formula is C12H14F3NO4S. The third-order valence-electron chi connectivity index (χ3n) is 2.87. The number of hydrogen-bond donors (Lipinski definition) is 2. The van der Waals surface area contributed by atoms with Gasteiger partial charge in [-0.2, -0.15) is 4.72 Å². The van der Waals surface area contributed by atoms with Gasteiger partial charge in [-0.1, -0.05) is 13.3 Å². The predicted molar refractivity (Wildman–Crippen MR) is 67.6 cm³/mol. The minimum absolute atomic E-state index is 0.0626. The van der Waals surface area contributed by atoms with Crippen molar-refractivity contribution in [3.63, 3.8) is 0 Å². The van der Waals surface area contributed by atoms with Crippen LogP contribution in [0.15, 0.2) is 17.0 Å². The van der Waals surface area contributed by atoms with E-state index in [1.165, 1.54) is 0 Å². The van der Waals surface area contributed by atoms with Crippen LogP contribution in [0.25, 0.3) is 0 Å². The molecule has 1 aromatic rings. The van der Waals surface area contributed by atoms with Gasteiger partial charge in [0.15, 0.2) is 17.5 Å². The van der Waals surface area contributed by atoms with Gasteiger partial charge < -0.3 is 5.11 Å². The Morgan fingerprint density at radius 3 is 2.33 bits per heavy atom. The lowest BCUT2D eigenvalue weighted by atomic mass is 9.98. The van der Waals surface area contributed by atoms with Crippen LogP contribution >= 0.6 is 0 Å². The number of halogens is 3. The zero-order valence-corrected chi connectivity index (χ0v) is 12.1. The highest BCUT2D eigenvalue weighted by molar-refractivity contribution is 7.89. The second-order valence-electron chi connectivity index (χ2n) is 4.67. The lowest BCUT2D eigenvalue weighted by Gasteiger charge is -2.25. The van der Waals surface area contributed by atoms with Crippen molar-refractivity contribution in [2.24, 2.45) is 0 Å². The number of hydrogen-bond acceptors (Lipinski definition) is 3. The number of carbonyl (C=O) groups is 1. The van der Waals surface area contributed by atoms with Crippen molar-refractivity contribution in [1.82, 2.24) is 4.72 Å². The van der Waals surface area contributed by atoms with Crippen LogP contribution in [-0.2, 0) is 14.8 Å². The highest BCUT2D eigenvalue weighted by Crippen LogP contribution is 2.22. The van der Waals surface area contributed by atoms with Crippen LogP contribution in [0.4, 0.5) is 13.2 Å². The number of rotatable bonds is 6. The Labute approximate surface area is 119 Å². The molecule has 2 N–H and O–H groups in total. The number of benzene rings is 1. The fourth-order valence-corrected chi connectivity index (χ4v) is 3.23. The molecule has 9 heteroatoms. The number of sulfonamides is 1. The summed E-state index contributed by atoms with van der Waals surface area (Å²) in [6, 6.07) is 0.981. The summed E-state index contributed by atoms with van der Waals surface area (Å²) >= 11 is 0. The minimum atomic E-state index is -4.67. The highest BCUT2D eigenvalue weighted by atomic mass is 32.2. The molecule has 118 valence electrons. The van der Waals surface area contributed by atoms with E-state index in [0.717, 1.165) is 6.92 Å². The standard InChI is InChI=1S/C12H14F3NO4S/c1-3-6-12(2,11(17)18)16-21(19,20)8-5-4-7(13)9(14)10(8)15/h4-5,16H,3,6H2,1-2H3,(H,17,18). The third-order valence-corrected chi connectivity index (χ3v) is 4.48. The van der Waals surface area contributed by atoms with Gasteiger partial charge >= 0.3 is 5.97 Å². The fraction of sp³-hybridized carbons (Fsp3) is 0.417. The highest BCUT2D eigenvalue weighted by Gasteiger charge is 2.38. The molecule has 0 aliphatic rings. The molecule has 0 saturated heterocycles. The number of aliphatic carboxylic acids is 1. The van der Waals surface area contributed by atoms with Gasteiger partial charge in [0, 0.05) is 0 Å². The SMILES string of the molecule is CCCC(C)(NS(=O)(=O)c1ccc(F)c(F)c1F)C(=O)O. The molecule has 0 fully saturated rings. The molecule has 21 heavy (non-hydrogen) atoms. The van der Waals surface area contributed by atoms with E-state index in [9.17, 15) is 26.4 Å². The van der Waals surface area contributed by atoms with E-state index in [4.69, 9.17) is 5.11 Å². The molecule has 0 spiro atoms. The monoisotopic (exact) mass is 325 g/mol. The van der Waals surface area contributed by atoms with Crippen molar-refractivity contribution in [1.29, 1.82) is 0 Å². The molecule has 0 aliphatic heterocycles. The first kappa shape index (κ1) is 17.4. The van der Waals surface area contributed by atoms with Gasteiger partial charge in [0.1, 0.15) is 10.4 Å². The first-order valence-electron chi connectivity index (χ1n) is 5.96. The Bertz CT molecular complexity index is 663. The van der Waals surface area contributed by atoms with Gasteiger partial charge in [-0.3, -0.25) is 4.79 Å². The maximum Gasteiger partial charge on any atom is 0.324 e. The molecule has 1 unspecified atom stereocenters. The molecule has 0 aromatic heterocycles. The van der Waals surface area contributed by atoms with Crippen LogP contribution in [0.3, 0.4) is 0 Å².